The summed E-state index contributed by atoms with van der Waals surface area (Å²) in [7, 11) is 1.54. The van der Waals surface area contributed by atoms with Crippen molar-refractivity contribution in [3.8, 4) is 11.5 Å². The van der Waals surface area contributed by atoms with Crippen molar-refractivity contribution in [2.24, 2.45) is 0 Å². The largest absolute Gasteiger partial charge is 0.506 e. The molecule has 0 saturated heterocycles. The van der Waals surface area contributed by atoms with Gasteiger partial charge in [0.15, 0.2) is 5.56 Å². The topological polar surface area (TPSA) is 102 Å². The Morgan fingerprint density at radius 1 is 1.32 bits per heavy atom. The number of aromatic hydroxyl groups is 1. The summed E-state index contributed by atoms with van der Waals surface area (Å²) in [5.41, 5.74) is -0.677. The molecule has 25 heavy (non-hydrogen) atoms. The molecule has 0 radical (unpaired) electrons. The molecule has 0 aliphatic rings. The van der Waals surface area contributed by atoms with Crippen molar-refractivity contribution >= 4 is 28.6 Å². The first kappa shape index (κ1) is 16.8. The second-order valence-corrected chi connectivity index (χ2v) is 5.73. The Kier molecular flexibility index (Phi) is 4.33. The average Bonchev–Trinajstić information content (AvgIpc) is 2.59. The van der Waals surface area contributed by atoms with Crippen molar-refractivity contribution in [2.45, 2.75) is 6.54 Å². The number of aromatic nitrogens is 2. The molecular formula is C17H13ClN2O5. The lowest BCUT2D eigenvalue weighted by Gasteiger charge is -2.13. The van der Waals surface area contributed by atoms with E-state index >= 15 is 0 Å². The molecular weight excluding hydrogens is 348 g/mol. The highest BCUT2D eigenvalue weighted by atomic mass is 35.5. The lowest BCUT2D eigenvalue weighted by Crippen LogP contribution is -2.28. The molecule has 0 aliphatic heterocycles. The van der Waals surface area contributed by atoms with Crippen molar-refractivity contribution in [3.05, 3.63) is 63.0 Å². The van der Waals surface area contributed by atoms with E-state index in [0.29, 0.717) is 5.75 Å². The molecule has 128 valence electrons. The number of methoxy groups -OCH3 is 1. The van der Waals surface area contributed by atoms with E-state index in [1.54, 1.807) is 31.4 Å². The zero-order valence-corrected chi connectivity index (χ0v) is 13.8. The van der Waals surface area contributed by atoms with Crippen LogP contribution < -0.4 is 10.3 Å². The number of pyridine rings is 2. The first-order valence-corrected chi connectivity index (χ1v) is 7.57. The first-order valence-electron chi connectivity index (χ1n) is 7.19. The highest BCUT2D eigenvalue weighted by molar-refractivity contribution is 6.31. The smallest absolute Gasteiger partial charge is 0.345 e. The van der Waals surface area contributed by atoms with Gasteiger partial charge in [0.1, 0.15) is 17.1 Å². The Bertz CT molecular complexity index is 1030. The van der Waals surface area contributed by atoms with Gasteiger partial charge in [-0.2, -0.15) is 0 Å². The molecule has 0 bridgehead atoms. The van der Waals surface area contributed by atoms with Crippen LogP contribution in [0.5, 0.6) is 11.5 Å². The Morgan fingerprint density at radius 3 is 2.60 bits per heavy atom. The van der Waals surface area contributed by atoms with Crippen LogP contribution in [-0.2, 0) is 6.54 Å². The van der Waals surface area contributed by atoms with Gasteiger partial charge in [-0.15, -0.1) is 0 Å². The third-order valence-electron chi connectivity index (χ3n) is 3.75. The fourth-order valence-corrected chi connectivity index (χ4v) is 2.70. The maximum atomic E-state index is 12.6. The van der Waals surface area contributed by atoms with Crippen LogP contribution >= 0.6 is 11.6 Å². The summed E-state index contributed by atoms with van der Waals surface area (Å²) in [5, 5.41) is 19.8. The number of carbonyl (C=O) groups is 1. The molecule has 7 nitrogen and oxygen atoms in total. The SMILES string of the molecule is COc1ccc(Cn2c(=O)c(C(=O)O)c(O)c3cc(Cl)cnc32)cc1. The average molecular weight is 361 g/mol. The minimum Gasteiger partial charge on any atom is -0.506 e. The summed E-state index contributed by atoms with van der Waals surface area (Å²) in [6.07, 6.45) is 1.33. The predicted octanol–water partition coefficient (Wildman–Crippen LogP) is 2.51. The number of fused-ring (bicyclic) bond motifs is 1. The van der Waals surface area contributed by atoms with Crippen molar-refractivity contribution < 1.29 is 19.7 Å². The van der Waals surface area contributed by atoms with Crippen molar-refractivity contribution in [3.63, 3.8) is 0 Å². The van der Waals surface area contributed by atoms with E-state index in [1.165, 1.54) is 16.8 Å². The quantitative estimate of drug-likeness (QED) is 0.741. The summed E-state index contributed by atoms with van der Waals surface area (Å²) < 4.78 is 6.28. The maximum absolute atomic E-state index is 12.6. The molecule has 2 heterocycles. The zero-order chi connectivity index (χ0) is 18.1. The third-order valence-corrected chi connectivity index (χ3v) is 3.96. The van der Waals surface area contributed by atoms with Crippen LogP contribution in [0.2, 0.25) is 5.02 Å². The number of rotatable bonds is 4. The van der Waals surface area contributed by atoms with Crippen LogP contribution in [0.3, 0.4) is 0 Å². The van der Waals surface area contributed by atoms with Crippen LogP contribution in [0.25, 0.3) is 11.0 Å². The summed E-state index contributed by atoms with van der Waals surface area (Å²) >= 11 is 5.89. The predicted molar refractivity (Wildman–Crippen MR) is 91.7 cm³/mol. The molecule has 0 saturated carbocycles. The standard InChI is InChI=1S/C17H13ClN2O5/c1-25-11-4-2-9(3-5-11)8-20-15-12(6-10(18)7-19-15)14(21)13(16(20)22)17(23)24/h2-7,21H,8H2,1H3,(H,23,24). The molecule has 1 aromatic carbocycles. The van der Waals surface area contributed by atoms with Gasteiger partial charge in [0.05, 0.1) is 24.1 Å². The fraction of sp³-hybridized carbons (Fsp3) is 0.118. The molecule has 0 fully saturated rings. The second-order valence-electron chi connectivity index (χ2n) is 5.29. The van der Waals surface area contributed by atoms with Gasteiger partial charge in [-0.25, -0.2) is 9.78 Å². The number of benzene rings is 1. The number of hydrogen-bond donors (Lipinski definition) is 2. The highest BCUT2D eigenvalue weighted by Gasteiger charge is 2.22. The van der Waals surface area contributed by atoms with E-state index in [9.17, 15) is 19.8 Å². The molecule has 2 aromatic heterocycles. The molecule has 2 N–H and O–H groups in total. The number of carboxylic acid groups (broad SMARTS) is 1. The van der Waals surface area contributed by atoms with Gasteiger partial charge >= 0.3 is 5.97 Å². The lowest BCUT2D eigenvalue weighted by atomic mass is 10.1. The van der Waals surface area contributed by atoms with E-state index in [1.807, 2.05) is 0 Å². The fourth-order valence-electron chi connectivity index (χ4n) is 2.54. The minimum absolute atomic E-state index is 0.0779. The molecule has 0 aliphatic carbocycles. The Labute approximate surface area is 146 Å². The van der Waals surface area contributed by atoms with E-state index in [4.69, 9.17) is 16.3 Å². The van der Waals surface area contributed by atoms with Gasteiger partial charge in [0, 0.05) is 6.20 Å². The van der Waals surface area contributed by atoms with Gasteiger partial charge in [0.2, 0.25) is 0 Å². The monoisotopic (exact) mass is 360 g/mol. The Hall–Kier alpha value is -3.06. The number of ether oxygens (including phenoxy) is 1. The van der Waals surface area contributed by atoms with Gasteiger partial charge in [-0.1, -0.05) is 23.7 Å². The van der Waals surface area contributed by atoms with Crippen molar-refractivity contribution in [1.82, 2.24) is 9.55 Å². The first-order chi connectivity index (χ1) is 11.9. The zero-order valence-electron chi connectivity index (χ0n) is 13.1. The molecule has 0 amide bonds. The summed E-state index contributed by atoms with van der Waals surface area (Å²) in [6, 6.07) is 8.33. The third kappa shape index (κ3) is 3.01. The molecule has 8 heteroatoms. The van der Waals surface area contributed by atoms with E-state index in [2.05, 4.69) is 4.98 Å². The molecule has 0 unspecified atom stereocenters. The summed E-state index contributed by atoms with van der Waals surface area (Å²) in [5.74, 6) is -1.51. The Morgan fingerprint density at radius 2 is 2.00 bits per heavy atom. The van der Waals surface area contributed by atoms with Gasteiger partial charge < -0.3 is 14.9 Å². The minimum atomic E-state index is -1.52. The molecule has 0 atom stereocenters. The van der Waals surface area contributed by atoms with Gasteiger partial charge in [-0.05, 0) is 23.8 Å². The van der Waals surface area contributed by atoms with Gasteiger partial charge in [-0.3, -0.25) is 9.36 Å². The van der Waals surface area contributed by atoms with Crippen LogP contribution in [-0.4, -0.2) is 32.8 Å². The van der Waals surface area contributed by atoms with Crippen LogP contribution in [0, 0.1) is 0 Å². The molecule has 3 aromatic rings. The Balaban J connectivity index is 2.25. The normalized spacial score (nSPS) is 10.8. The lowest BCUT2D eigenvalue weighted by molar-refractivity contribution is 0.0691. The van der Waals surface area contributed by atoms with Crippen LogP contribution in [0.15, 0.2) is 41.3 Å². The van der Waals surface area contributed by atoms with Crippen LogP contribution in [0.1, 0.15) is 15.9 Å². The number of hydrogen-bond acceptors (Lipinski definition) is 5. The number of halogens is 1. The number of nitrogens with zero attached hydrogens (tertiary/aromatic N) is 2. The van der Waals surface area contributed by atoms with E-state index in [-0.39, 0.29) is 22.6 Å². The van der Waals surface area contributed by atoms with Crippen LogP contribution in [0.4, 0.5) is 0 Å². The van der Waals surface area contributed by atoms with Crippen molar-refractivity contribution in [2.75, 3.05) is 7.11 Å². The van der Waals surface area contributed by atoms with Crippen molar-refractivity contribution in [1.29, 1.82) is 0 Å². The summed E-state index contributed by atoms with van der Waals surface area (Å²) in [4.78, 5) is 28.1. The summed E-state index contributed by atoms with van der Waals surface area (Å²) in [6.45, 7) is 0.0779. The second kappa shape index (κ2) is 6.45. The van der Waals surface area contributed by atoms with E-state index in [0.717, 1.165) is 5.56 Å². The number of carboxylic acids is 1. The highest BCUT2D eigenvalue weighted by Crippen LogP contribution is 2.28. The maximum Gasteiger partial charge on any atom is 0.345 e. The molecule has 3 rings (SSSR count). The molecule has 0 spiro atoms. The number of aromatic carboxylic acids is 1. The van der Waals surface area contributed by atoms with E-state index < -0.39 is 22.8 Å². The van der Waals surface area contributed by atoms with Gasteiger partial charge in [0.25, 0.3) is 5.56 Å².